The number of Topliss-reactive ketones (excluding diaryl/α,β-unsaturated/α-hetero) is 1. The molecule has 7 fully saturated rings. The predicted molar refractivity (Wildman–Crippen MR) is 144 cm³/mol. The van der Waals surface area contributed by atoms with Crippen molar-refractivity contribution in [3.05, 3.63) is 24.3 Å². The van der Waals surface area contributed by atoms with Gasteiger partial charge in [0.2, 0.25) is 0 Å². The van der Waals surface area contributed by atoms with Crippen molar-refractivity contribution >= 4 is 17.7 Å². The molecule has 0 aromatic rings. The van der Waals surface area contributed by atoms with Crippen LogP contribution in [0.25, 0.3) is 0 Å². The van der Waals surface area contributed by atoms with E-state index in [1.165, 1.54) is 0 Å². The maximum absolute atomic E-state index is 14.4. The first-order chi connectivity index (χ1) is 19.0. The fraction of sp³-hybridized carbons (Fsp3) is 0.781. The van der Waals surface area contributed by atoms with Gasteiger partial charge in [-0.2, -0.15) is 0 Å². The number of allylic oxidation sites excluding steroid dienone is 2. The number of aliphatic hydroxyl groups is 2. The number of rotatable bonds is 3. The largest absolute Gasteiger partial charge is 0.461 e. The molecule has 0 amide bonds. The topological polar surface area (TPSA) is 122 Å². The number of hydrogen-bond donors (Lipinski definition) is 3. The summed E-state index contributed by atoms with van der Waals surface area (Å²) in [5, 5.41) is 28.9. The molecule has 0 bridgehead atoms. The molecular formula is C32H43NO7. The van der Waals surface area contributed by atoms with Crippen LogP contribution >= 0.6 is 0 Å². The van der Waals surface area contributed by atoms with Crippen LogP contribution in [0.5, 0.6) is 0 Å². The van der Waals surface area contributed by atoms with Gasteiger partial charge in [0.15, 0.2) is 0 Å². The molecule has 7 aliphatic rings. The summed E-state index contributed by atoms with van der Waals surface area (Å²) in [4.78, 5) is 40.4. The molecule has 2 aliphatic heterocycles. The van der Waals surface area contributed by atoms with E-state index in [0.717, 1.165) is 24.0 Å². The van der Waals surface area contributed by atoms with Crippen molar-refractivity contribution < 1.29 is 34.1 Å². The molecule has 2 heterocycles. The van der Waals surface area contributed by atoms with E-state index in [9.17, 15) is 24.6 Å². The van der Waals surface area contributed by atoms with Crippen LogP contribution in [0.4, 0.5) is 0 Å². The van der Waals surface area contributed by atoms with Crippen LogP contribution in [0.15, 0.2) is 24.3 Å². The Hall–Kier alpha value is -2.03. The molecule has 40 heavy (non-hydrogen) atoms. The van der Waals surface area contributed by atoms with Gasteiger partial charge in [-0.05, 0) is 70.3 Å². The first-order valence-corrected chi connectivity index (χ1v) is 15.4. The van der Waals surface area contributed by atoms with Crippen LogP contribution in [0.2, 0.25) is 0 Å². The van der Waals surface area contributed by atoms with Crippen molar-refractivity contribution in [2.45, 2.75) is 88.1 Å². The monoisotopic (exact) mass is 553 g/mol. The highest BCUT2D eigenvalue weighted by atomic mass is 16.6. The van der Waals surface area contributed by atoms with Crippen molar-refractivity contribution in [3.63, 3.8) is 0 Å². The summed E-state index contributed by atoms with van der Waals surface area (Å²) in [5.41, 5.74) is -2.67. The molecular weight excluding hydrogens is 510 g/mol. The summed E-state index contributed by atoms with van der Waals surface area (Å²) in [5.74, 6) is -2.61. The summed E-state index contributed by atoms with van der Waals surface area (Å²) in [6.07, 6.45) is 3.61. The van der Waals surface area contributed by atoms with Gasteiger partial charge in [0.1, 0.15) is 29.2 Å². The zero-order chi connectivity index (χ0) is 28.4. The molecule has 3 N–H and O–H groups in total. The second-order valence-electron chi connectivity index (χ2n) is 14.1. The lowest BCUT2D eigenvalue weighted by Crippen LogP contribution is -2.63. The normalized spacial score (nSPS) is 53.0. The molecule has 0 aromatic carbocycles. The number of esters is 2. The molecule has 8 nitrogen and oxygen atoms in total. The van der Waals surface area contributed by atoms with Crippen molar-refractivity contribution in [1.82, 2.24) is 5.32 Å². The van der Waals surface area contributed by atoms with Crippen LogP contribution in [-0.2, 0) is 23.9 Å². The lowest BCUT2D eigenvalue weighted by molar-refractivity contribution is -0.205. The van der Waals surface area contributed by atoms with E-state index in [1.54, 1.807) is 0 Å². The van der Waals surface area contributed by atoms with Gasteiger partial charge in [-0.1, -0.05) is 31.2 Å². The minimum atomic E-state index is -1.74. The average Bonchev–Trinajstić information content (AvgIpc) is 3.58. The summed E-state index contributed by atoms with van der Waals surface area (Å²) in [6.45, 7) is 11.3. The number of fused-ring (bicyclic) bond motifs is 10. The number of carbonyl (C=O) groups excluding carboxylic acids is 3. The van der Waals surface area contributed by atoms with Crippen molar-refractivity contribution in [2.75, 3.05) is 13.6 Å². The lowest BCUT2D eigenvalue weighted by Gasteiger charge is -2.48. The Labute approximate surface area is 235 Å². The van der Waals surface area contributed by atoms with Gasteiger partial charge in [0, 0.05) is 36.6 Å². The van der Waals surface area contributed by atoms with Crippen molar-refractivity contribution in [1.29, 1.82) is 0 Å². The fourth-order valence-corrected chi connectivity index (χ4v) is 11.3. The first kappa shape index (κ1) is 26.8. The van der Waals surface area contributed by atoms with E-state index in [4.69, 9.17) is 9.47 Å². The van der Waals surface area contributed by atoms with Gasteiger partial charge >= 0.3 is 11.9 Å². The number of ketones is 1. The maximum Gasteiger partial charge on any atom is 0.310 e. The Morgan fingerprint density at radius 1 is 0.900 bits per heavy atom. The van der Waals surface area contributed by atoms with Gasteiger partial charge in [0.25, 0.3) is 0 Å². The summed E-state index contributed by atoms with van der Waals surface area (Å²) in [7, 11) is 1.82. The highest BCUT2D eigenvalue weighted by Crippen LogP contribution is 2.74. The minimum absolute atomic E-state index is 0.0423. The third-order valence-electron chi connectivity index (χ3n) is 13.0. The van der Waals surface area contributed by atoms with Gasteiger partial charge in [0.05, 0.1) is 17.3 Å². The Morgan fingerprint density at radius 2 is 1.50 bits per heavy atom. The summed E-state index contributed by atoms with van der Waals surface area (Å²) in [6, 6.07) is 0. The Morgan fingerprint density at radius 3 is 2.15 bits per heavy atom. The molecule has 5 saturated carbocycles. The van der Waals surface area contributed by atoms with Crippen molar-refractivity contribution in [3.8, 4) is 0 Å². The molecule has 0 radical (unpaired) electrons. The van der Waals surface area contributed by atoms with Crippen LogP contribution in [-0.4, -0.2) is 64.9 Å². The number of carbonyl (C=O) groups is 3. The van der Waals surface area contributed by atoms with Crippen LogP contribution < -0.4 is 5.32 Å². The van der Waals surface area contributed by atoms with Gasteiger partial charge in [-0.3, -0.25) is 14.4 Å². The van der Waals surface area contributed by atoms with E-state index < -0.39 is 40.7 Å². The van der Waals surface area contributed by atoms with E-state index in [0.29, 0.717) is 32.2 Å². The molecule has 218 valence electrons. The summed E-state index contributed by atoms with van der Waals surface area (Å²) >= 11 is 0. The van der Waals surface area contributed by atoms with Crippen LogP contribution in [0, 0.1) is 52.8 Å². The van der Waals surface area contributed by atoms with Gasteiger partial charge < -0.3 is 25.0 Å². The molecule has 2 saturated heterocycles. The number of hydrogen-bond acceptors (Lipinski definition) is 8. The second-order valence-corrected chi connectivity index (χ2v) is 14.1. The number of ether oxygens (including phenoxy) is 2. The van der Waals surface area contributed by atoms with Crippen LogP contribution in [0.3, 0.4) is 0 Å². The van der Waals surface area contributed by atoms with E-state index in [2.05, 4.69) is 18.5 Å². The van der Waals surface area contributed by atoms with Crippen molar-refractivity contribution in [2.24, 2.45) is 52.8 Å². The zero-order valence-corrected chi connectivity index (χ0v) is 23.7. The molecule has 1 spiro atoms. The smallest absolute Gasteiger partial charge is 0.310 e. The number of nitrogens with one attached hydrogen (secondary N) is 1. The molecule has 13 atom stereocenters. The quantitative estimate of drug-likeness (QED) is 0.360. The van der Waals surface area contributed by atoms with E-state index >= 15 is 0 Å². The standard InChI is InChI=1S/C32H43NO7/c1-5-17-18-8-7-16(3)21-13-32(38)30(10-11-31(32,37)25(21)27(18)40-28(17)35)23(34)12-20-15(2)6-9-19-22(14-33-4)29(36)39-26(19)24(20)30/h17-22,24-27,33,37-38H,2-3,5-14H2,1,4H3/t17?,18-,19-,20-,21-,22?,24-,25-,26-,27-,30+,31-,32-/m0/s1. The average molecular weight is 554 g/mol. The molecule has 5 aliphatic carbocycles. The summed E-state index contributed by atoms with van der Waals surface area (Å²) < 4.78 is 12.2. The highest BCUT2D eigenvalue weighted by molar-refractivity contribution is 5.91. The van der Waals surface area contributed by atoms with Gasteiger partial charge in [-0.25, -0.2) is 0 Å². The van der Waals surface area contributed by atoms with E-state index in [1.807, 2.05) is 14.0 Å². The highest BCUT2D eigenvalue weighted by Gasteiger charge is 2.83. The SMILES string of the molecule is C=C1CC[C@H]2C(CC)C(=O)O[C@@H]2[C@@H]2[C@H]1C[C@@]1(O)[C@]2(O)CC[C@]12C(=O)C[C@H]1C(=C)CC[C@H]3C(CNC)C(=O)O[C@@H]3[C@H]12. The minimum Gasteiger partial charge on any atom is -0.461 e. The molecule has 8 heteroatoms. The molecule has 0 aromatic heterocycles. The third kappa shape index (κ3) is 3.01. The maximum atomic E-state index is 14.4. The Bertz CT molecular complexity index is 1200. The van der Waals surface area contributed by atoms with E-state index in [-0.39, 0.29) is 72.5 Å². The zero-order valence-electron chi connectivity index (χ0n) is 23.7. The Balaban J connectivity index is 1.35. The fourth-order valence-electron chi connectivity index (χ4n) is 11.3. The third-order valence-corrected chi connectivity index (χ3v) is 13.0. The molecule has 2 unspecified atom stereocenters. The van der Waals surface area contributed by atoms with Gasteiger partial charge in [-0.15, -0.1) is 0 Å². The predicted octanol–water partition coefficient (Wildman–Crippen LogP) is 2.72. The lowest BCUT2D eigenvalue weighted by atomic mass is 9.59. The second kappa shape index (κ2) is 8.74. The van der Waals surface area contributed by atoms with Crippen LogP contribution in [0.1, 0.15) is 64.7 Å². The Kier molecular flexibility index (Phi) is 5.87. The first-order valence-electron chi connectivity index (χ1n) is 15.4. The molecule has 7 rings (SSSR count).